The van der Waals surface area contributed by atoms with Gasteiger partial charge in [-0.25, -0.2) is 4.39 Å². The van der Waals surface area contributed by atoms with Crippen LogP contribution in [0.4, 0.5) is 4.39 Å². The smallest absolute Gasteiger partial charge is 0.135 e. The maximum atomic E-state index is 13.2. The summed E-state index contributed by atoms with van der Waals surface area (Å²) < 4.78 is 18.9. The molecule has 0 radical (unpaired) electrons. The molecular formula is C14H15FN2O. The number of hydrogen-bond donors (Lipinski definition) is 1. The number of aromatic nitrogens is 1. The van der Waals surface area contributed by atoms with Crippen LogP contribution in [0.3, 0.4) is 0 Å². The molecule has 0 unspecified atom stereocenters. The third kappa shape index (κ3) is 2.84. The largest absolute Gasteiger partial charge is 0.457 e. The number of rotatable bonds is 4. The van der Waals surface area contributed by atoms with Gasteiger partial charge in [0.25, 0.3) is 0 Å². The van der Waals surface area contributed by atoms with E-state index in [9.17, 15) is 4.39 Å². The van der Waals surface area contributed by atoms with Crippen molar-refractivity contribution >= 4 is 0 Å². The minimum Gasteiger partial charge on any atom is -0.457 e. The molecule has 4 heteroatoms. The van der Waals surface area contributed by atoms with Crippen LogP contribution in [0.1, 0.15) is 11.1 Å². The van der Waals surface area contributed by atoms with Gasteiger partial charge < -0.3 is 10.1 Å². The maximum Gasteiger partial charge on any atom is 0.135 e. The number of benzene rings is 1. The van der Waals surface area contributed by atoms with Crippen molar-refractivity contribution in [1.82, 2.24) is 10.3 Å². The summed E-state index contributed by atoms with van der Waals surface area (Å²) in [6.07, 6.45) is 3.39. The lowest BCUT2D eigenvalue weighted by molar-refractivity contribution is 0.464. The summed E-state index contributed by atoms with van der Waals surface area (Å²) in [6, 6.07) is 6.28. The highest BCUT2D eigenvalue weighted by Gasteiger charge is 2.07. The lowest BCUT2D eigenvalue weighted by Crippen LogP contribution is -2.06. The molecule has 1 N–H and O–H groups in total. The molecule has 2 aromatic rings. The fourth-order valence-corrected chi connectivity index (χ4v) is 1.64. The van der Waals surface area contributed by atoms with Gasteiger partial charge in [-0.05, 0) is 31.7 Å². The second kappa shape index (κ2) is 5.60. The number of halogens is 1. The second-order valence-electron chi connectivity index (χ2n) is 4.03. The SMILES string of the molecule is CNCc1cnccc1Oc1cc(F)ccc1C. The van der Waals surface area contributed by atoms with Crippen LogP contribution >= 0.6 is 0 Å². The second-order valence-corrected chi connectivity index (χ2v) is 4.03. The van der Waals surface area contributed by atoms with Crippen molar-refractivity contribution in [3.8, 4) is 11.5 Å². The molecule has 1 aromatic heterocycles. The number of aryl methyl sites for hydroxylation is 1. The van der Waals surface area contributed by atoms with Gasteiger partial charge in [0.1, 0.15) is 17.3 Å². The average Bonchev–Trinajstić information content (AvgIpc) is 2.36. The Bertz CT molecular complexity index is 543. The first-order valence-electron chi connectivity index (χ1n) is 5.72. The van der Waals surface area contributed by atoms with Gasteiger partial charge in [-0.2, -0.15) is 0 Å². The molecular weight excluding hydrogens is 231 g/mol. The van der Waals surface area contributed by atoms with Crippen LogP contribution in [0.15, 0.2) is 36.7 Å². The highest BCUT2D eigenvalue weighted by molar-refractivity contribution is 5.39. The Morgan fingerprint density at radius 3 is 2.89 bits per heavy atom. The summed E-state index contributed by atoms with van der Waals surface area (Å²) in [6.45, 7) is 2.53. The Kier molecular flexibility index (Phi) is 3.89. The predicted molar refractivity (Wildman–Crippen MR) is 68.2 cm³/mol. The van der Waals surface area contributed by atoms with Gasteiger partial charge in [0.15, 0.2) is 0 Å². The van der Waals surface area contributed by atoms with E-state index in [1.165, 1.54) is 12.1 Å². The first-order valence-corrected chi connectivity index (χ1v) is 5.72. The zero-order chi connectivity index (χ0) is 13.0. The standard InChI is InChI=1S/C14H15FN2O/c1-10-3-4-12(15)7-14(10)18-13-5-6-17-9-11(13)8-16-2/h3-7,9,16H,8H2,1-2H3. The molecule has 0 aliphatic heterocycles. The lowest BCUT2D eigenvalue weighted by atomic mass is 10.2. The molecule has 0 saturated heterocycles. The first kappa shape index (κ1) is 12.5. The molecule has 0 amide bonds. The van der Waals surface area contributed by atoms with Crippen LogP contribution in [0, 0.1) is 12.7 Å². The van der Waals surface area contributed by atoms with E-state index in [4.69, 9.17) is 4.74 Å². The molecule has 0 saturated carbocycles. The van der Waals surface area contributed by atoms with Crippen LogP contribution < -0.4 is 10.1 Å². The minimum atomic E-state index is -0.306. The van der Waals surface area contributed by atoms with E-state index in [2.05, 4.69) is 10.3 Å². The summed E-state index contributed by atoms with van der Waals surface area (Å²) in [4.78, 5) is 4.05. The summed E-state index contributed by atoms with van der Waals surface area (Å²) in [5.41, 5.74) is 1.83. The van der Waals surface area contributed by atoms with Crippen LogP contribution in [0.2, 0.25) is 0 Å². The predicted octanol–water partition coefficient (Wildman–Crippen LogP) is 3.04. The topological polar surface area (TPSA) is 34.2 Å². The van der Waals surface area contributed by atoms with Crippen molar-refractivity contribution in [2.24, 2.45) is 0 Å². The zero-order valence-corrected chi connectivity index (χ0v) is 10.4. The average molecular weight is 246 g/mol. The molecule has 2 rings (SSSR count). The van der Waals surface area contributed by atoms with Gasteiger partial charge in [0, 0.05) is 30.6 Å². The summed E-state index contributed by atoms with van der Waals surface area (Å²) in [5, 5.41) is 3.04. The number of hydrogen-bond acceptors (Lipinski definition) is 3. The van der Waals surface area contributed by atoms with Crippen molar-refractivity contribution < 1.29 is 9.13 Å². The zero-order valence-electron chi connectivity index (χ0n) is 10.4. The van der Waals surface area contributed by atoms with Crippen LogP contribution in [-0.4, -0.2) is 12.0 Å². The molecule has 0 bridgehead atoms. The van der Waals surface area contributed by atoms with Crippen molar-refractivity contribution in [3.05, 3.63) is 53.6 Å². The molecule has 0 atom stereocenters. The molecule has 1 heterocycles. The van der Waals surface area contributed by atoms with Crippen LogP contribution in [-0.2, 0) is 6.54 Å². The monoisotopic (exact) mass is 246 g/mol. The first-order chi connectivity index (χ1) is 8.70. The Balaban J connectivity index is 2.30. The Labute approximate surface area is 106 Å². The fraction of sp³-hybridized carbons (Fsp3) is 0.214. The summed E-state index contributed by atoms with van der Waals surface area (Å²) in [7, 11) is 1.85. The summed E-state index contributed by atoms with van der Waals surface area (Å²) >= 11 is 0. The Morgan fingerprint density at radius 2 is 2.11 bits per heavy atom. The number of nitrogens with one attached hydrogen (secondary N) is 1. The van der Waals surface area contributed by atoms with Gasteiger partial charge in [0.2, 0.25) is 0 Å². The van der Waals surface area contributed by atoms with Gasteiger partial charge in [-0.15, -0.1) is 0 Å². The van der Waals surface area contributed by atoms with E-state index in [-0.39, 0.29) is 5.82 Å². The molecule has 0 fully saturated rings. The van der Waals surface area contributed by atoms with Gasteiger partial charge in [-0.1, -0.05) is 6.07 Å². The number of pyridine rings is 1. The van der Waals surface area contributed by atoms with E-state index >= 15 is 0 Å². The normalized spacial score (nSPS) is 10.4. The van der Waals surface area contributed by atoms with Crippen molar-refractivity contribution in [3.63, 3.8) is 0 Å². The van der Waals surface area contributed by atoms with Crippen molar-refractivity contribution in [2.45, 2.75) is 13.5 Å². The van der Waals surface area contributed by atoms with Gasteiger partial charge in [-0.3, -0.25) is 4.98 Å². The molecule has 94 valence electrons. The van der Waals surface area contributed by atoms with Crippen LogP contribution in [0.5, 0.6) is 11.5 Å². The van der Waals surface area contributed by atoms with Gasteiger partial charge in [0.05, 0.1) is 0 Å². The third-order valence-corrected chi connectivity index (χ3v) is 2.60. The molecule has 1 aromatic carbocycles. The lowest BCUT2D eigenvalue weighted by Gasteiger charge is -2.12. The van der Waals surface area contributed by atoms with Crippen LogP contribution in [0.25, 0.3) is 0 Å². The molecule has 18 heavy (non-hydrogen) atoms. The highest BCUT2D eigenvalue weighted by atomic mass is 19.1. The van der Waals surface area contributed by atoms with E-state index in [0.717, 1.165) is 11.1 Å². The molecule has 0 aliphatic rings. The van der Waals surface area contributed by atoms with E-state index in [0.29, 0.717) is 18.0 Å². The minimum absolute atomic E-state index is 0.306. The third-order valence-electron chi connectivity index (χ3n) is 2.60. The molecule has 0 aliphatic carbocycles. The fourth-order valence-electron chi connectivity index (χ4n) is 1.64. The van der Waals surface area contributed by atoms with Gasteiger partial charge >= 0.3 is 0 Å². The quantitative estimate of drug-likeness (QED) is 0.900. The molecule has 3 nitrogen and oxygen atoms in total. The highest BCUT2D eigenvalue weighted by Crippen LogP contribution is 2.27. The number of nitrogens with zero attached hydrogens (tertiary/aromatic N) is 1. The Morgan fingerprint density at radius 1 is 1.28 bits per heavy atom. The van der Waals surface area contributed by atoms with E-state index < -0.39 is 0 Å². The summed E-state index contributed by atoms with van der Waals surface area (Å²) in [5.74, 6) is 0.909. The van der Waals surface area contributed by atoms with Crippen molar-refractivity contribution in [1.29, 1.82) is 0 Å². The van der Waals surface area contributed by atoms with Crippen molar-refractivity contribution in [2.75, 3.05) is 7.05 Å². The van der Waals surface area contributed by atoms with E-state index in [1.54, 1.807) is 24.5 Å². The maximum absolute atomic E-state index is 13.2. The Hall–Kier alpha value is -1.94. The van der Waals surface area contributed by atoms with E-state index in [1.807, 2.05) is 14.0 Å². The molecule has 0 spiro atoms. The number of ether oxygens (including phenoxy) is 1.